The normalized spacial score (nSPS) is 15.4. The molecule has 2 aromatic carbocycles. The van der Waals surface area contributed by atoms with Gasteiger partial charge in [0.05, 0.1) is 43.6 Å². The number of nitrogens with zero attached hydrogens (tertiary/aromatic N) is 2. The third kappa shape index (κ3) is 6.23. The van der Waals surface area contributed by atoms with Crippen molar-refractivity contribution in [2.75, 3.05) is 6.61 Å². The van der Waals surface area contributed by atoms with Crippen molar-refractivity contribution < 1.29 is 19.0 Å². The molecule has 0 amide bonds. The van der Waals surface area contributed by atoms with E-state index in [0.29, 0.717) is 37.7 Å². The summed E-state index contributed by atoms with van der Waals surface area (Å²) in [6.45, 7) is 11.5. The Hall–Kier alpha value is -2.69. The highest BCUT2D eigenvalue weighted by molar-refractivity contribution is 9.11. The van der Waals surface area contributed by atoms with Crippen LogP contribution < -0.4 is 24.4 Å². The summed E-state index contributed by atoms with van der Waals surface area (Å²) in [6, 6.07) is 10.5. The Bertz CT molecular complexity index is 1600. The number of aromatic nitrogens is 1. The highest BCUT2D eigenvalue weighted by atomic mass is 79.9. The molecule has 10 heteroatoms. The molecule has 39 heavy (non-hydrogen) atoms. The minimum Gasteiger partial charge on any atom is -0.491 e. The van der Waals surface area contributed by atoms with Crippen LogP contribution in [0.15, 0.2) is 66.4 Å². The molecule has 0 fully saturated rings. The van der Waals surface area contributed by atoms with E-state index in [1.54, 1.807) is 18.4 Å². The summed E-state index contributed by atoms with van der Waals surface area (Å²) >= 11 is 8.44. The lowest BCUT2D eigenvalue weighted by Crippen LogP contribution is -2.40. The molecule has 0 N–H and O–H groups in total. The van der Waals surface area contributed by atoms with Gasteiger partial charge in [-0.25, -0.2) is 9.79 Å². The van der Waals surface area contributed by atoms with E-state index >= 15 is 0 Å². The molecule has 0 bridgehead atoms. The van der Waals surface area contributed by atoms with Crippen LogP contribution in [-0.4, -0.2) is 29.4 Å². The second-order valence-corrected chi connectivity index (χ2v) is 12.2. The van der Waals surface area contributed by atoms with Gasteiger partial charge in [-0.2, -0.15) is 0 Å². The maximum absolute atomic E-state index is 14.0. The minimum absolute atomic E-state index is 0.00604. The van der Waals surface area contributed by atoms with Gasteiger partial charge in [-0.3, -0.25) is 9.36 Å². The van der Waals surface area contributed by atoms with Gasteiger partial charge >= 0.3 is 5.97 Å². The summed E-state index contributed by atoms with van der Waals surface area (Å²) in [4.78, 5) is 32.3. The highest BCUT2D eigenvalue weighted by Gasteiger charge is 2.35. The van der Waals surface area contributed by atoms with Crippen LogP contribution in [0.2, 0.25) is 0 Å². The van der Waals surface area contributed by atoms with Crippen LogP contribution in [0.4, 0.5) is 0 Å². The lowest BCUT2D eigenvalue weighted by atomic mass is 9.95. The van der Waals surface area contributed by atoms with Crippen LogP contribution in [0.3, 0.4) is 0 Å². The molecule has 0 aliphatic carbocycles. The Morgan fingerprint density at radius 3 is 2.36 bits per heavy atom. The number of thiazole rings is 1. The second kappa shape index (κ2) is 12.2. The van der Waals surface area contributed by atoms with Crippen LogP contribution in [0.1, 0.15) is 58.7 Å². The average molecular weight is 678 g/mol. The van der Waals surface area contributed by atoms with Crippen molar-refractivity contribution in [2.24, 2.45) is 4.99 Å². The van der Waals surface area contributed by atoms with Gasteiger partial charge in [0.2, 0.25) is 0 Å². The lowest BCUT2D eigenvalue weighted by Gasteiger charge is -2.26. The average Bonchev–Trinajstić information content (AvgIpc) is 3.15. The molecule has 206 valence electrons. The smallest absolute Gasteiger partial charge is 0.338 e. The van der Waals surface area contributed by atoms with Crippen molar-refractivity contribution in [1.82, 2.24) is 4.57 Å². The molecule has 0 radical (unpaired) electrons. The molecule has 1 aromatic heterocycles. The van der Waals surface area contributed by atoms with Gasteiger partial charge in [-0.15, -0.1) is 0 Å². The van der Waals surface area contributed by atoms with E-state index in [4.69, 9.17) is 14.2 Å². The van der Waals surface area contributed by atoms with Crippen molar-refractivity contribution >= 4 is 55.2 Å². The number of allylic oxidation sites excluding steroid dienone is 1. The Balaban J connectivity index is 1.94. The molecule has 1 aliphatic heterocycles. The number of halogens is 2. The summed E-state index contributed by atoms with van der Waals surface area (Å²) < 4.78 is 21.0. The maximum atomic E-state index is 14.0. The molecule has 1 atom stereocenters. The second-order valence-electron chi connectivity index (χ2n) is 9.49. The van der Waals surface area contributed by atoms with Gasteiger partial charge in [0.1, 0.15) is 17.5 Å². The first kappa shape index (κ1) is 29.3. The number of ether oxygens (including phenoxy) is 3. The zero-order chi connectivity index (χ0) is 28.4. The summed E-state index contributed by atoms with van der Waals surface area (Å²) in [6.07, 6.45) is 1.72. The standard InChI is InChI=1S/C29H30Br2N2O5S/c1-7-36-28(35)24-17(6)32-29-33(25(24)19-10-8-9-11-22(19)37-15(2)3)27(34)23(39-29)14-18-12-20(30)26(21(31)13-18)38-16(4)5/h8-16,25H,7H2,1-6H3/b23-14-/t25-/m0/s1. The van der Waals surface area contributed by atoms with E-state index in [9.17, 15) is 9.59 Å². The lowest BCUT2D eigenvalue weighted by molar-refractivity contribution is -0.139. The summed E-state index contributed by atoms with van der Waals surface area (Å²) in [7, 11) is 0. The van der Waals surface area contributed by atoms with Gasteiger partial charge in [0, 0.05) is 5.56 Å². The number of rotatable bonds is 8. The van der Waals surface area contributed by atoms with E-state index in [1.165, 1.54) is 11.3 Å². The first-order valence-corrected chi connectivity index (χ1v) is 15.0. The summed E-state index contributed by atoms with van der Waals surface area (Å²) in [5, 5.41) is 0. The van der Waals surface area contributed by atoms with Crippen LogP contribution in [0.25, 0.3) is 6.08 Å². The van der Waals surface area contributed by atoms with Crippen LogP contribution >= 0.6 is 43.2 Å². The SMILES string of the molecule is CCOC(=O)C1=C(C)N=c2s/c(=C\c3cc(Br)c(OC(C)C)c(Br)c3)c(=O)n2[C@H]1c1ccccc1OC(C)C. The van der Waals surface area contributed by atoms with Crippen LogP contribution in [-0.2, 0) is 9.53 Å². The Labute approximate surface area is 248 Å². The van der Waals surface area contributed by atoms with Gasteiger partial charge in [-0.05, 0) is 103 Å². The molecule has 2 heterocycles. The van der Waals surface area contributed by atoms with Gasteiger partial charge in [0.25, 0.3) is 5.56 Å². The number of benzene rings is 2. The van der Waals surface area contributed by atoms with Crippen LogP contribution in [0.5, 0.6) is 11.5 Å². The number of hydrogen-bond acceptors (Lipinski definition) is 7. The maximum Gasteiger partial charge on any atom is 0.338 e. The minimum atomic E-state index is -0.752. The van der Waals surface area contributed by atoms with Crippen molar-refractivity contribution in [3.63, 3.8) is 0 Å². The van der Waals surface area contributed by atoms with Gasteiger partial charge < -0.3 is 14.2 Å². The monoisotopic (exact) mass is 676 g/mol. The number of esters is 1. The third-order valence-corrected chi connectivity index (χ3v) is 7.93. The molecule has 0 spiro atoms. The van der Waals surface area contributed by atoms with E-state index in [2.05, 4.69) is 36.9 Å². The molecule has 1 aliphatic rings. The van der Waals surface area contributed by atoms with Crippen molar-refractivity contribution in [2.45, 2.75) is 59.8 Å². The fourth-order valence-electron chi connectivity index (χ4n) is 4.32. The number of hydrogen-bond donors (Lipinski definition) is 0. The van der Waals surface area contributed by atoms with E-state index in [-0.39, 0.29) is 24.4 Å². The van der Waals surface area contributed by atoms with Crippen LogP contribution in [0, 0.1) is 0 Å². The molecule has 4 rings (SSSR count). The summed E-state index contributed by atoms with van der Waals surface area (Å²) in [5.74, 6) is 0.781. The third-order valence-electron chi connectivity index (χ3n) is 5.77. The van der Waals surface area contributed by atoms with Crippen molar-refractivity contribution in [3.05, 3.63) is 87.4 Å². The van der Waals surface area contributed by atoms with E-state index in [0.717, 1.165) is 14.5 Å². The predicted molar refractivity (Wildman–Crippen MR) is 160 cm³/mol. The molecule has 0 saturated carbocycles. The Kier molecular flexibility index (Phi) is 9.18. The fraction of sp³-hybridized carbons (Fsp3) is 0.345. The largest absolute Gasteiger partial charge is 0.491 e. The topological polar surface area (TPSA) is 79.1 Å². The quantitative estimate of drug-likeness (QED) is 0.278. The fourth-order valence-corrected chi connectivity index (χ4v) is 6.77. The molecule has 0 saturated heterocycles. The molecule has 3 aromatic rings. The molecular weight excluding hydrogens is 648 g/mol. The predicted octanol–water partition coefficient (Wildman–Crippen LogP) is 5.90. The molecule has 7 nitrogen and oxygen atoms in total. The zero-order valence-electron chi connectivity index (χ0n) is 22.6. The number of para-hydroxylation sites is 1. The van der Waals surface area contributed by atoms with Gasteiger partial charge in [0.15, 0.2) is 4.80 Å². The number of carbonyl (C=O) groups excluding carboxylic acids is 1. The van der Waals surface area contributed by atoms with Gasteiger partial charge in [-0.1, -0.05) is 29.5 Å². The van der Waals surface area contributed by atoms with Crippen molar-refractivity contribution in [3.8, 4) is 11.5 Å². The number of fused-ring (bicyclic) bond motifs is 1. The molecule has 0 unspecified atom stereocenters. The first-order chi connectivity index (χ1) is 18.5. The van der Waals surface area contributed by atoms with E-state index < -0.39 is 12.0 Å². The highest BCUT2D eigenvalue weighted by Crippen LogP contribution is 2.37. The Morgan fingerprint density at radius 2 is 1.74 bits per heavy atom. The first-order valence-electron chi connectivity index (χ1n) is 12.6. The number of carbonyl (C=O) groups is 1. The molecular formula is C29H30Br2N2O5S. The zero-order valence-corrected chi connectivity index (χ0v) is 26.6. The summed E-state index contributed by atoms with van der Waals surface area (Å²) in [5.41, 5.74) is 2.06. The van der Waals surface area contributed by atoms with E-state index in [1.807, 2.05) is 70.2 Å². The van der Waals surface area contributed by atoms with Crippen molar-refractivity contribution in [1.29, 1.82) is 0 Å². The Morgan fingerprint density at radius 1 is 1.10 bits per heavy atom.